The smallest absolute Gasteiger partial charge is 0.254 e. The number of benzene rings is 2. The Balaban J connectivity index is 1.35. The van der Waals surface area contributed by atoms with E-state index in [9.17, 15) is 4.79 Å². The lowest BCUT2D eigenvalue weighted by Crippen LogP contribution is -2.49. The van der Waals surface area contributed by atoms with Gasteiger partial charge < -0.3 is 24.0 Å². The lowest BCUT2D eigenvalue weighted by molar-refractivity contribution is 0.0745. The van der Waals surface area contributed by atoms with Gasteiger partial charge in [-0.1, -0.05) is 23.4 Å². The summed E-state index contributed by atoms with van der Waals surface area (Å²) in [5.41, 5.74) is 2.61. The summed E-state index contributed by atoms with van der Waals surface area (Å²) < 4.78 is 17.8. The first-order valence-corrected chi connectivity index (χ1v) is 11.1. The van der Waals surface area contributed by atoms with Crippen LogP contribution >= 0.6 is 0 Å². The third-order valence-corrected chi connectivity index (χ3v) is 6.00. The molecule has 0 N–H and O–H groups in total. The van der Waals surface area contributed by atoms with Gasteiger partial charge in [0, 0.05) is 31.7 Å². The Morgan fingerprint density at radius 1 is 0.886 bits per heavy atom. The fourth-order valence-corrected chi connectivity index (χ4v) is 4.22. The quantitative estimate of drug-likeness (QED) is 0.415. The molecule has 11 heteroatoms. The van der Waals surface area contributed by atoms with Crippen LogP contribution in [0.5, 0.6) is 17.2 Å². The van der Waals surface area contributed by atoms with Gasteiger partial charge in [0.1, 0.15) is 6.33 Å². The zero-order valence-corrected chi connectivity index (χ0v) is 19.7. The molecular weight excluding hydrogens is 450 g/mol. The summed E-state index contributed by atoms with van der Waals surface area (Å²) in [7, 11) is 4.59. The van der Waals surface area contributed by atoms with Crippen LogP contribution in [0.1, 0.15) is 10.4 Å². The molecule has 1 aliphatic rings. The molecule has 1 amide bonds. The number of aromatic nitrogens is 5. The van der Waals surface area contributed by atoms with Gasteiger partial charge in [-0.05, 0) is 24.3 Å². The van der Waals surface area contributed by atoms with Crippen LogP contribution in [0.25, 0.3) is 16.9 Å². The molecule has 0 bridgehead atoms. The lowest BCUT2D eigenvalue weighted by Gasteiger charge is -2.35. The standard InChI is InChI=1S/C24H25N7O4/c1-33-18-13-16(14-19(34-2)21(18)35-3)24(32)30-11-9-29(10-12-30)22-20-23(26-15-25-22)31(28-27-20)17-7-5-4-6-8-17/h4-8,13-15H,9-12H2,1-3H3. The van der Waals surface area contributed by atoms with Crippen molar-refractivity contribution in [2.75, 3.05) is 52.4 Å². The number of ether oxygens (including phenoxy) is 3. The van der Waals surface area contributed by atoms with Crippen molar-refractivity contribution in [1.82, 2.24) is 29.9 Å². The molecular formula is C24H25N7O4. The first kappa shape index (κ1) is 22.4. The predicted molar refractivity (Wildman–Crippen MR) is 129 cm³/mol. The van der Waals surface area contributed by atoms with Crippen LogP contribution in [0.3, 0.4) is 0 Å². The third kappa shape index (κ3) is 4.05. The van der Waals surface area contributed by atoms with Gasteiger partial charge in [0.2, 0.25) is 5.75 Å². The number of para-hydroxylation sites is 1. The van der Waals surface area contributed by atoms with Crippen LogP contribution in [0.15, 0.2) is 48.8 Å². The molecule has 0 unspecified atom stereocenters. The molecule has 3 heterocycles. The Bertz CT molecular complexity index is 1330. The highest BCUT2D eigenvalue weighted by Crippen LogP contribution is 2.38. The van der Waals surface area contributed by atoms with Gasteiger partial charge in [-0.2, -0.15) is 4.68 Å². The average molecular weight is 476 g/mol. The van der Waals surface area contributed by atoms with Crippen molar-refractivity contribution in [3.63, 3.8) is 0 Å². The van der Waals surface area contributed by atoms with Crippen molar-refractivity contribution in [1.29, 1.82) is 0 Å². The number of fused-ring (bicyclic) bond motifs is 1. The van der Waals surface area contributed by atoms with E-state index in [-0.39, 0.29) is 5.91 Å². The van der Waals surface area contributed by atoms with Gasteiger partial charge in [0.15, 0.2) is 28.5 Å². The molecule has 0 saturated carbocycles. The van der Waals surface area contributed by atoms with E-state index in [0.717, 1.165) is 5.69 Å². The van der Waals surface area contributed by atoms with Crippen LogP contribution in [0, 0.1) is 0 Å². The maximum Gasteiger partial charge on any atom is 0.254 e. The molecule has 1 aliphatic heterocycles. The van der Waals surface area contributed by atoms with Gasteiger partial charge in [-0.15, -0.1) is 5.10 Å². The molecule has 2 aromatic heterocycles. The van der Waals surface area contributed by atoms with Crippen molar-refractivity contribution in [3.05, 3.63) is 54.4 Å². The molecule has 180 valence electrons. The number of carbonyl (C=O) groups is 1. The molecule has 1 saturated heterocycles. The Kier molecular flexibility index (Phi) is 6.04. The summed E-state index contributed by atoms with van der Waals surface area (Å²) in [6, 6.07) is 13.1. The summed E-state index contributed by atoms with van der Waals surface area (Å²) in [6.07, 6.45) is 1.52. The molecule has 35 heavy (non-hydrogen) atoms. The number of methoxy groups -OCH3 is 3. The van der Waals surface area contributed by atoms with E-state index >= 15 is 0 Å². The Hall–Kier alpha value is -4.41. The molecule has 1 fully saturated rings. The van der Waals surface area contributed by atoms with E-state index in [1.54, 1.807) is 21.7 Å². The average Bonchev–Trinajstić information content (AvgIpc) is 3.37. The van der Waals surface area contributed by atoms with E-state index in [0.29, 0.717) is 66.0 Å². The van der Waals surface area contributed by atoms with Crippen LogP contribution in [-0.4, -0.2) is 83.3 Å². The van der Waals surface area contributed by atoms with Gasteiger partial charge in [0.25, 0.3) is 5.91 Å². The number of carbonyl (C=O) groups excluding carboxylic acids is 1. The maximum absolute atomic E-state index is 13.3. The lowest BCUT2D eigenvalue weighted by atomic mass is 10.1. The number of nitrogens with zero attached hydrogens (tertiary/aromatic N) is 7. The highest BCUT2D eigenvalue weighted by Gasteiger charge is 2.27. The number of piperazine rings is 1. The molecule has 11 nitrogen and oxygen atoms in total. The van der Waals surface area contributed by atoms with E-state index in [1.165, 1.54) is 27.7 Å². The van der Waals surface area contributed by atoms with Gasteiger partial charge >= 0.3 is 0 Å². The van der Waals surface area contributed by atoms with Crippen molar-refractivity contribution in [2.24, 2.45) is 0 Å². The van der Waals surface area contributed by atoms with Gasteiger partial charge in [-0.25, -0.2) is 9.97 Å². The molecule has 0 spiro atoms. The minimum absolute atomic E-state index is 0.105. The fourth-order valence-electron chi connectivity index (χ4n) is 4.22. The van der Waals surface area contributed by atoms with E-state index in [4.69, 9.17) is 14.2 Å². The van der Waals surface area contributed by atoms with E-state index in [2.05, 4.69) is 25.2 Å². The number of rotatable bonds is 6. The second-order valence-corrected chi connectivity index (χ2v) is 7.90. The van der Waals surface area contributed by atoms with Crippen LogP contribution < -0.4 is 19.1 Å². The summed E-state index contributed by atoms with van der Waals surface area (Å²) in [5, 5.41) is 8.64. The zero-order valence-electron chi connectivity index (χ0n) is 19.7. The monoisotopic (exact) mass is 475 g/mol. The normalized spacial score (nSPS) is 13.7. The zero-order chi connectivity index (χ0) is 24.4. The van der Waals surface area contributed by atoms with Gasteiger partial charge in [0.05, 0.1) is 27.0 Å². The first-order valence-electron chi connectivity index (χ1n) is 11.1. The summed E-state index contributed by atoms with van der Waals surface area (Å²) in [4.78, 5) is 26.0. The molecule has 0 aliphatic carbocycles. The van der Waals surface area contributed by atoms with Crippen LogP contribution in [0.4, 0.5) is 5.82 Å². The van der Waals surface area contributed by atoms with Crippen LogP contribution in [0.2, 0.25) is 0 Å². The Labute approximate surface area is 201 Å². The Morgan fingerprint density at radius 3 is 2.20 bits per heavy atom. The number of hydrogen-bond acceptors (Lipinski definition) is 9. The SMILES string of the molecule is COc1cc(C(=O)N2CCN(c3ncnc4c3nnn4-c3ccccc3)CC2)cc(OC)c1OC. The van der Waals surface area contributed by atoms with Crippen molar-refractivity contribution in [2.45, 2.75) is 0 Å². The third-order valence-electron chi connectivity index (χ3n) is 6.00. The second kappa shape index (κ2) is 9.45. The summed E-state index contributed by atoms with van der Waals surface area (Å²) in [5.74, 6) is 1.94. The van der Waals surface area contributed by atoms with Crippen molar-refractivity contribution in [3.8, 4) is 22.9 Å². The van der Waals surface area contributed by atoms with Crippen LogP contribution in [-0.2, 0) is 0 Å². The minimum Gasteiger partial charge on any atom is -0.493 e. The largest absolute Gasteiger partial charge is 0.493 e. The topological polar surface area (TPSA) is 108 Å². The minimum atomic E-state index is -0.105. The van der Waals surface area contributed by atoms with E-state index < -0.39 is 0 Å². The second-order valence-electron chi connectivity index (χ2n) is 7.90. The molecule has 0 atom stereocenters. The molecule has 4 aromatic rings. The predicted octanol–water partition coefficient (Wildman–Crippen LogP) is 2.20. The number of hydrogen-bond donors (Lipinski definition) is 0. The highest BCUT2D eigenvalue weighted by molar-refractivity contribution is 5.96. The highest BCUT2D eigenvalue weighted by atomic mass is 16.5. The fraction of sp³-hybridized carbons (Fsp3) is 0.292. The maximum atomic E-state index is 13.3. The van der Waals surface area contributed by atoms with Crippen molar-refractivity contribution >= 4 is 22.9 Å². The first-order chi connectivity index (χ1) is 17.1. The molecule has 0 radical (unpaired) electrons. The van der Waals surface area contributed by atoms with Crippen molar-refractivity contribution < 1.29 is 19.0 Å². The molecule has 2 aromatic carbocycles. The molecule has 5 rings (SSSR count). The number of amides is 1. The Morgan fingerprint density at radius 2 is 1.57 bits per heavy atom. The number of anilines is 1. The van der Waals surface area contributed by atoms with E-state index in [1.807, 2.05) is 30.3 Å². The van der Waals surface area contributed by atoms with Gasteiger partial charge in [-0.3, -0.25) is 4.79 Å². The summed E-state index contributed by atoms with van der Waals surface area (Å²) in [6.45, 7) is 2.24. The summed E-state index contributed by atoms with van der Waals surface area (Å²) >= 11 is 0.